The van der Waals surface area contributed by atoms with Crippen LogP contribution in [0.3, 0.4) is 0 Å². The topological polar surface area (TPSA) is 56.9 Å². The summed E-state index contributed by atoms with van der Waals surface area (Å²) < 4.78 is 2.64. The fourth-order valence-electron chi connectivity index (χ4n) is 4.02. The molecule has 2 aromatic rings. The minimum Gasteiger partial charge on any atom is -0.365 e. The van der Waals surface area contributed by atoms with Gasteiger partial charge in [0.25, 0.3) is 5.91 Å². The zero-order valence-corrected chi connectivity index (χ0v) is 17.3. The Hall–Kier alpha value is -2.02. The highest BCUT2D eigenvalue weighted by Gasteiger charge is 2.24. The number of nitrogens with one attached hydrogen (secondary N) is 2. The molecule has 0 saturated carbocycles. The van der Waals surface area contributed by atoms with Crippen LogP contribution < -0.4 is 15.5 Å². The molecule has 27 heavy (non-hydrogen) atoms. The number of aryl methyl sites for hydroxylation is 3. The highest BCUT2D eigenvalue weighted by Crippen LogP contribution is 2.13. The molecule has 0 radical (unpaired) electrons. The predicted molar refractivity (Wildman–Crippen MR) is 110 cm³/mol. The van der Waals surface area contributed by atoms with E-state index in [0.29, 0.717) is 10.2 Å². The van der Waals surface area contributed by atoms with Gasteiger partial charge in [-0.25, -0.2) is 0 Å². The van der Waals surface area contributed by atoms with Crippen LogP contribution in [0.15, 0.2) is 30.3 Å². The Balaban J connectivity index is 1.66. The summed E-state index contributed by atoms with van der Waals surface area (Å²) in [6.45, 7) is 12.5. The maximum absolute atomic E-state index is 11.8. The van der Waals surface area contributed by atoms with Crippen molar-refractivity contribution in [2.24, 2.45) is 5.73 Å². The molecule has 0 aliphatic carbocycles. The van der Waals surface area contributed by atoms with Gasteiger partial charge in [-0.2, -0.15) is 0 Å². The second kappa shape index (κ2) is 8.33. The van der Waals surface area contributed by atoms with Gasteiger partial charge in [-0.3, -0.25) is 9.36 Å². The van der Waals surface area contributed by atoms with Crippen LogP contribution in [-0.4, -0.2) is 36.7 Å². The number of nitrogens with two attached hydrogens (primary N) is 1. The second-order valence-electron chi connectivity index (χ2n) is 7.70. The van der Waals surface area contributed by atoms with E-state index < -0.39 is 5.91 Å². The Morgan fingerprint density at radius 1 is 1.07 bits per heavy atom. The Labute approximate surface area is 166 Å². The quantitative estimate of drug-likeness (QED) is 0.643. The summed E-state index contributed by atoms with van der Waals surface area (Å²) in [7, 11) is 0. The molecule has 6 heteroatoms. The summed E-state index contributed by atoms with van der Waals surface area (Å²) in [5.74, 6) is -0.436. The molecule has 0 spiro atoms. The lowest BCUT2D eigenvalue weighted by Crippen LogP contribution is -3.27. The number of benzene rings is 1. The number of quaternary nitrogens is 2. The van der Waals surface area contributed by atoms with Gasteiger partial charge in [0.2, 0.25) is 0 Å². The van der Waals surface area contributed by atoms with Gasteiger partial charge in [-0.05, 0) is 38.0 Å². The first-order valence-electron chi connectivity index (χ1n) is 9.59. The van der Waals surface area contributed by atoms with Crippen LogP contribution in [0.4, 0.5) is 0 Å². The average Bonchev–Trinajstić information content (AvgIpc) is 2.61. The zero-order valence-electron chi connectivity index (χ0n) is 16.5. The van der Waals surface area contributed by atoms with Crippen molar-refractivity contribution in [3.05, 3.63) is 62.9 Å². The van der Waals surface area contributed by atoms with Crippen LogP contribution in [0.1, 0.15) is 32.7 Å². The third kappa shape index (κ3) is 4.46. The summed E-state index contributed by atoms with van der Waals surface area (Å²) in [5.41, 5.74) is 10.8. The number of carbonyl (C=O) groups is 1. The van der Waals surface area contributed by atoms with Crippen LogP contribution in [0.2, 0.25) is 0 Å². The number of carbonyl (C=O) groups excluding carboxylic acids is 1. The number of nitrogens with zero attached hydrogens (tertiary/aromatic N) is 1. The molecule has 0 bridgehead atoms. The third-order valence-electron chi connectivity index (χ3n) is 5.70. The number of hydrogen-bond acceptors (Lipinski definition) is 2. The van der Waals surface area contributed by atoms with Gasteiger partial charge in [-0.15, -0.1) is 0 Å². The van der Waals surface area contributed by atoms with E-state index in [1.807, 2.05) is 19.9 Å². The van der Waals surface area contributed by atoms with Gasteiger partial charge in [-0.1, -0.05) is 36.5 Å². The molecule has 1 fully saturated rings. The lowest BCUT2D eigenvalue weighted by Gasteiger charge is -2.31. The van der Waals surface area contributed by atoms with Crippen molar-refractivity contribution < 1.29 is 14.6 Å². The molecule has 1 amide bonds. The van der Waals surface area contributed by atoms with Gasteiger partial charge in [0.1, 0.15) is 37.4 Å². The lowest BCUT2D eigenvalue weighted by atomic mass is 10.1. The molecule has 0 atom stereocenters. The molecule has 1 aliphatic rings. The fraction of sp³-hybridized carbons (Fsp3) is 0.429. The van der Waals surface area contributed by atoms with E-state index in [-0.39, 0.29) is 0 Å². The first-order valence-corrected chi connectivity index (χ1v) is 10.00. The van der Waals surface area contributed by atoms with Crippen molar-refractivity contribution in [3.63, 3.8) is 0 Å². The molecule has 1 aromatic carbocycles. The van der Waals surface area contributed by atoms with E-state index in [9.17, 15) is 4.79 Å². The van der Waals surface area contributed by atoms with Crippen LogP contribution >= 0.6 is 12.2 Å². The number of rotatable bonds is 5. The van der Waals surface area contributed by atoms with Crippen LogP contribution in [-0.2, 0) is 13.2 Å². The lowest BCUT2D eigenvalue weighted by molar-refractivity contribution is -1.03. The highest BCUT2D eigenvalue weighted by molar-refractivity contribution is 7.71. The fourth-order valence-corrected chi connectivity index (χ4v) is 4.49. The van der Waals surface area contributed by atoms with Gasteiger partial charge in [0, 0.05) is 11.3 Å². The van der Waals surface area contributed by atoms with Crippen molar-refractivity contribution in [2.45, 2.75) is 34.0 Å². The first-order chi connectivity index (χ1) is 12.9. The molecule has 144 valence electrons. The number of amides is 1. The van der Waals surface area contributed by atoms with Crippen LogP contribution in [0, 0.1) is 25.4 Å². The normalized spacial score (nSPS) is 19.8. The van der Waals surface area contributed by atoms with E-state index >= 15 is 0 Å². The van der Waals surface area contributed by atoms with Crippen molar-refractivity contribution in [1.29, 1.82) is 0 Å². The van der Waals surface area contributed by atoms with E-state index in [1.54, 1.807) is 4.90 Å². The van der Waals surface area contributed by atoms with Gasteiger partial charge < -0.3 is 15.5 Å². The number of primary amides is 1. The van der Waals surface area contributed by atoms with E-state index in [0.717, 1.165) is 50.6 Å². The molecule has 2 heterocycles. The SMILES string of the molecule is Cc1ccccc1C[NH+]1CC[NH+](Cn2c(C)cc(C)c(C(N)=O)c2=S)CC1. The van der Waals surface area contributed by atoms with Crippen molar-refractivity contribution in [1.82, 2.24) is 4.57 Å². The minimum atomic E-state index is -0.436. The Morgan fingerprint density at radius 2 is 1.70 bits per heavy atom. The first kappa shape index (κ1) is 19.7. The maximum Gasteiger partial charge on any atom is 0.251 e. The smallest absolute Gasteiger partial charge is 0.251 e. The molecular formula is C21H30N4OS+2. The monoisotopic (exact) mass is 386 g/mol. The molecule has 5 nitrogen and oxygen atoms in total. The number of pyridine rings is 1. The van der Waals surface area contributed by atoms with Gasteiger partial charge in [0.05, 0.1) is 5.56 Å². The molecule has 1 saturated heterocycles. The van der Waals surface area contributed by atoms with Crippen molar-refractivity contribution in [2.75, 3.05) is 26.2 Å². The molecule has 3 rings (SSSR count). The van der Waals surface area contributed by atoms with Gasteiger partial charge >= 0.3 is 0 Å². The van der Waals surface area contributed by atoms with Crippen molar-refractivity contribution in [3.8, 4) is 0 Å². The molecule has 1 aliphatic heterocycles. The standard InChI is InChI=1S/C21H28N4OS/c1-15-6-4-5-7-18(15)13-23-8-10-24(11-9-23)14-25-17(3)12-16(2)19(20(22)26)21(25)27/h4-7,12H,8-11,13-14H2,1-3H3,(H2,22,26)/p+2. The third-order valence-corrected chi connectivity index (χ3v) is 6.12. The Kier molecular flexibility index (Phi) is 6.09. The van der Waals surface area contributed by atoms with Gasteiger partial charge in [0.15, 0.2) is 6.67 Å². The average molecular weight is 387 g/mol. The zero-order chi connectivity index (χ0) is 19.6. The summed E-state index contributed by atoms with van der Waals surface area (Å²) >= 11 is 5.58. The van der Waals surface area contributed by atoms with E-state index in [1.165, 1.54) is 16.0 Å². The predicted octanol–water partition coefficient (Wildman–Crippen LogP) is 0.183. The number of aromatic nitrogens is 1. The largest absolute Gasteiger partial charge is 0.365 e. The van der Waals surface area contributed by atoms with Crippen molar-refractivity contribution >= 4 is 18.1 Å². The van der Waals surface area contributed by atoms with E-state index in [2.05, 4.69) is 35.8 Å². The molecule has 0 unspecified atom stereocenters. The summed E-state index contributed by atoms with van der Waals surface area (Å²) in [4.78, 5) is 14.9. The molecule has 1 aromatic heterocycles. The maximum atomic E-state index is 11.8. The Morgan fingerprint density at radius 3 is 2.33 bits per heavy atom. The number of piperazine rings is 1. The Bertz CT molecular complexity index is 898. The highest BCUT2D eigenvalue weighted by atomic mass is 32.1. The van der Waals surface area contributed by atoms with Crippen LogP contribution in [0.5, 0.6) is 0 Å². The van der Waals surface area contributed by atoms with Crippen LogP contribution in [0.25, 0.3) is 0 Å². The summed E-state index contributed by atoms with van der Waals surface area (Å²) in [6, 6.07) is 10.7. The molecule has 4 N–H and O–H groups in total. The summed E-state index contributed by atoms with van der Waals surface area (Å²) in [5, 5.41) is 0. The number of hydrogen-bond donors (Lipinski definition) is 3. The second-order valence-corrected chi connectivity index (χ2v) is 8.09. The minimum absolute atomic E-state index is 0.436. The molecular weight excluding hydrogens is 356 g/mol. The summed E-state index contributed by atoms with van der Waals surface area (Å²) in [6.07, 6.45) is 0. The van der Waals surface area contributed by atoms with E-state index in [4.69, 9.17) is 18.0 Å².